The number of nitrogens with one attached hydrogen (secondary N) is 2. The molecule has 21 heavy (non-hydrogen) atoms. The number of rotatable bonds is 4. The summed E-state index contributed by atoms with van der Waals surface area (Å²) in [6.07, 6.45) is 9.54. The van der Waals surface area contributed by atoms with Crippen LogP contribution in [0.25, 0.3) is 0 Å². The molecule has 1 aromatic rings. The Bertz CT molecular complexity index is 443. The summed E-state index contributed by atoms with van der Waals surface area (Å²) in [5.74, 6) is 0.793. The van der Waals surface area contributed by atoms with E-state index in [1.54, 1.807) is 0 Å². The van der Waals surface area contributed by atoms with Gasteiger partial charge in [-0.2, -0.15) is 0 Å². The molecule has 1 heterocycles. The van der Waals surface area contributed by atoms with Crippen LogP contribution in [-0.4, -0.2) is 18.6 Å². The SMILES string of the molecule is Clc1ccccc1CNC1CCCCC1C1CCCCN1. The van der Waals surface area contributed by atoms with E-state index in [1.165, 1.54) is 57.1 Å². The zero-order valence-electron chi connectivity index (χ0n) is 12.8. The molecule has 0 radical (unpaired) electrons. The fourth-order valence-electron chi connectivity index (χ4n) is 4.02. The molecule has 3 atom stereocenters. The van der Waals surface area contributed by atoms with Crippen molar-refractivity contribution in [2.24, 2.45) is 5.92 Å². The molecule has 2 nitrogen and oxygen atoms in total. The van der Waals surface area contributed by atoms with Gasteiger partial charge in [0.2, 0.25) is 0 Å². The summed E-state index contributed by atoms with van der Waals surface area (Å²) in [5.41, 5.74) is 1.22. The molecular weight excluding hydrogens is 280 g/mol. The fourth-order valence-corrected chi connectivity index (χ4v) is 4.22. The summed E-state index contributed by atoms with van der Waals surface area (Å²) in [7, 11) is 0. The average molecular weight is 307 g/mol. The molecule has 3 rings (SSSR count). The van der Waals surface area contributed by atoms with Crippen molar-refractivity contribution in [1.82, 2.24) is 10.6 Å². The highest BCUT2D eigenvalue weighted by atomic mass is 35.5. The van der Waals surface area contributed by atoms with Crippen molar-refractivity contribution in [3.8, 4) is 0 Å². The normalized spacial score (nSPS) is 30.2. The van der Waals surface area contributed by atoms with Gasteiger partial charge >= 0.3 is 0 Å². The van der Waals surface area contributed by atoms with Gasteiger partial charge in [0, 0.05) is 23.7 Å². The Labute approximate surface area is 133 Å². The second-order valence-electron chi connectivity index (χ2n) is 6.58. The van der Waals surface area contributed by atoms with Crippen LogP contribution in [0.5, 0.6) is 0 Å². The summed E-state index contributed by atoms with van der Waals surface area (Å²) in [6, 6.07) is 9.56. The van der Waals surface area contributed by atoms with Crippen molar-refractivity contribution in [3.63, 3.8) is 0 Å². The van der Waals surface area contributed by atoms with Gasteiger partial charge in [-0.3, -0.25) is 0 Å². The molecule has 1 aromatic carbocycles. The van der Waals surface area contributed by atoms with Gasteiger partial charge in [-0.1, -0.05) is 49.1 Å². The highest BCUT2D eigenvalue weighted by Gasteiger charge is 2.32. The number of piperidine rings is 1. The minimum absolute atomic E-state index is 0.644. The zero-order chi connectivity index (χ0) is 14.5. The second-order valence-corrected chi connectivity index (χ2v) is 6.99. The molecule has 2 N–H and O–H groups in total. The van der Waals surface area contributed by atoms with Gasteiger partial charge < -0.3 is 10.6 Å². The third kappa shape index (κ3) is 4.00. The molecule has 1 saturated heterocycles. The summed E-state index contributed by atoms with van der Waals surface area (Å²) >= 11 is 6.27. The maximum absolute atomic E-state index is 6.27. The molecule has 1 aliphatic carbocycles. The van der Waals surface area contributed by atoms with Gasteiger partial charge in [-0.05, 0) is 49.8 Å². The van der Waals surface area contributed by atoms with E-state index in [9.17, 15) is 0 Å². The Morgan fingerprint density at radius 2 is 1.86 bits per heavy atom. The van der Waals surface area contributed by atoms with Crippen molar-refractivity contribution in [2.45, 2.75) is 63.6 Å². The van der Waals surface area contributed by atoms with E-state index in [0.717, 1.165) is 23.5 Å². The van der Waals surface area contributed by atoms with E-state index in [0.29, 0.717) is 6.04 Å². The molecule has 1 saturated carbocycles. The maximum Gasteiger partial charge on any atom is 0.0450 e. The first kappa shape index (κ1) is 15.3. The highest BCUT2D eigenvalue weighted by Crippen LogP contribution is 2.31. The minimum Gasteiger partial charge on any atom is -0.314 e. The van der Waals surface area contributed by atoms with Gasteiger partial charge in [-0.25, -0.2) is 0 Å². The van der Waals surface area contributed by atoms with Gasteiger partial charge in [0.05, 0.1) is 0 Å². The fraction of sp³-hybridized carbons (Fsp3) is 0.667. The van der Waals surface area contributed by atoms with Gasteiger partial charge in [0.25, 0.3) is 0 Å². The largest absolute Gasteiger partial charge is 0.314 e. The third-order valence-electron chi connectivity index (χ3n) is 5.20. The Kier molecular flexibility index (Phi) is 5.56. The van der Waals surface area contributed by atoms with E-state index in [1.807, 2.05) is 12.1 Å². The molecule has 2 aliphatic rings. The lowest BCUT2D eigenvalue weighted by molar-refractivity contribution is 0.181. The predicted molar refractivity (Wildman–Crippen MR) is 89.7 cm³/mol. The monoisotopic (exact) mass is 306 g/mol. The summed E-state index contributed by atoms with van der Waals surface area (Å²) in [4.78, 5) is 0. The van der Waals surface area contributed by atoms with Crippen LogP contribution in [0.2, 0.25) is 5.02 Å². The first-order valence-electron chi connectivity index (χ1n) is 8.55. The molecule has 0 amide bonds. The Balaban J connectivity index is 1.60. The molecule has 116 valence electrons. The lowest BCUT2D eigenvalue weighted by Gasteiger charge is -2.40. The van der Waals surface area contributed by atoms with E-state index < -0.39 is 0 Å². The van der Waals surface area contributed by atoms with E-state index in [-0.39, 0.29) is 0 Å². The van der Waals surface area contributed by atoms with Crippen LogP contribution in [-0.2, 0) is 6.54 Å². The molecule has 3 heteroatoms. The molecule has 0 bridgehead atoms. The van der Waals surface area contributed by atoms with Crippen LogP contribution in [0.4, 0.5) is 0 Å². The van der Waals surface area contributed by atoms with E-state index in [4.69, 9.17) is 11.6 Å². The van der Waals surface area contributed by atoms with Crippen LogP contribution in [0.3, 0.4) is 0 Å². The molecule has 0 spiro atoms. The molecule has 2 fully saturated rings. The van der Waals surface area contributed by atoms with Gasteiger partial charge in [-0.15, -0.1) is 0 Å². The number of hydrogen-bond donors (Lipinski definition) is 2. The molecule has 1 aliphatic heterocycles. The number of benzene rings is 1. The number of halogens is 1. The minimum atomic E-state index is 0.644. The Hall–Kier alpha value is -0.570. The van der Waals surface area contributed by atoms with Crippen LogP contribution in [0.15, 0.2) is 24.3 Å². The maximum atomic E-state index is 6.27. The average Bonchev–Trinajstić information content (AvgIpc) is 2.55. The van der Waals surface area contributed by atoms with E-state index in [2.05, 4.69) is 22.8 Å². The van der Waals surface area contributed by atoms with E-state index >= 15 is 0 Å². The highest BCUT2D eigenvalue weighted by molar-refractivity contribution is 6.31. The molecule has 3 unspecified atom stereocenters. The zero-order valence-corrected chi connectivity index (χ0v) is 13.5. The lowest BCUT2D eigenvalue weighted by Crippen LogP contribution is -2.50. The first-order valence-corrected chi connectivity index (χ1v) is 8.92. The van der Waals surface area contributed by atoms with Crippen LogP contribution in [0.1, 0.15) is 50.5 Å². The first-order chi connectivity index (χ1) is 10.3. The molecule has 0 aromatic heterocycles. The topological polar surface area (TPSA) is 24.1 Å². The summed E-state index contributed by atoms with van der Waals surface area (Å²) < 4.78 is 0. The smallest absolute Gasteiger partial charge is 0.0450 e. The quantitative estimate of drug-likeness (QED) is 0.874. The molecular formula is C18H27ClN2. The van der Waals surface area contributed by atoms with Crippen LogP contribution >= 0.6 is 11.6 Å². The third-order valence-corrected chi connectivity index (χ3v) is 5.57. The summed E-state index contributed by atoms with van der Waals surface area (Å²) in [5, 5.41) is 8.45. The van der Waals surface area contributed by atoms with Crippen LogP contribution < -0.4 is 10.6 Å². The van der Waals surface area contributed by atoms with Gasteiger partial charge in [0.15, 0.2) is 0 Å². The van der Waals surface area contributed by atoms with Crippen molar-refractivity contribution in [2.75, 3.05) is 6.54 Å². The Morgan fingerprint density at radius 3 is 2.67 bits per heavy atom. The van der Waals surface area contributed by atoms with Crippen molar-refractivity contribution in [1.29, 1.82) is 0 Å². The van der Waals surface area contributed by atoms with Crippen molar-refractivity contribution >= 4 is 11.6 Å². The summed E-state index contributed by atoms with van der Waals surface area (Å²) in [6.45, 7) is 2.10. The number of hydrogen-bond acceptors (Lipinski definition) is 2. The van der Waals surface area contributed by atoms with Crippen molar-refractivity contribution in [3.05, 3.63) is 34.9 Å². The lowest BCUT2D eigenvalue weighted by atomic mass is 9.77. The standard InChI is InChI=1S/C18H27ClN2/c19-16-9-3-1-7-14(16)13-21-18-10-4-2-8-15(18)17-11-5-6-12-20-17/h1,3,7,9,15,17-18,20-21H,2,4-6,8,10-13H2. The second kappa shape index (κ2) is 7.62. The van der Waals surface area contributed by atoms with Gasteiger partial charge in [0.1, 0.15) is 0 Å². The predicted octanol–water partition coefficient (Wildman–Crippen LogP) is 4.13. The van der Waals surface area contributed by atoms with Crippen molar-refractivity contribution < 1.29 is 0 Å². The Morgan fingerprint density at radius 1 is 1.05 bits per heavy atom. The van der Waals surface area contributed by atoms with Crippen LogP contribution in [0, 0.1) is 5.92 Å².